The number of benzene rings is 2. The number of carbonyl (C=O) groups excluding carboxylic acids is 2. The molecule has 4 nitrogen and oxygen atoms in total. The molecule has 0 atom stereocenters. The molecule has 0 aromatic heterocycles. The van der Waals surface area contributed by atoms with Gasteiger partial charge in [-0.05, 0) is 47.1 Å². The highest BCUT2D eigenvalue weighted by Gasteiger charge is 2.26. The molecule has 2 aliphatic rings. The average molecular weight is 364 g/mol. The Labute approximate surface area is 154 Å². The molecule has 0 aliphatic carbocycles. The molecule has 1 saturated heterocycles. The molecule has 0 spiro atoms. The summed E-state index contributed by atoms with van der Waals surface area (Å²) in [5, 5.41) is 4.92. The lowest BCUT2D eigenvalue weighted by Crippen LogP contribution is -2.51. The largest absolute Gasteiger partial charge is 0.299 e. The van der Waals surface area contributed by atoms with Gasteiger partial charge in [0.05, 0.1) is 0 Å². The number of amides is 2. The molecule has 4 rings (SSSR count). The highest BCUT2D eigenvalue weighted by atomic mass is 32.2. The van der Waals surface area contributed by atoms with E-state index in [1.807, 2.05) is 42.5 Å². The predicted octanol–water partition coefficient (Wildman–Crippen LogP) is 3.04. The van der Waals surface area contributed by atoms with Crippen LogP contribution in [0.25, 0.3) is 5.57 Å². The Morgan fingerprint density at radius 3 is 1.80 bits per heavy atom. The summed E-state index contributed by atoms with van der Waals surface area (Å²) in [6, 6.07) is 16.2. The van der Waals surface area contributed by atoms with Gasteiger partial charge in [-0.25, -0.2) is 0 Å². The Bertz CT molecular complexity index is 923. The van der Waals surface area contributed by atoms with Crippen LogP contribution in [0.3, 0.4) is 0 Å². The van der Waals surface area contributed by atoms with Crippen molar-refractivity contribution >= 4 is 46.5 Å². The topological polar surface area (TPSA) is 58.2 Å². The van der Waals surface area contributed by atoms with Crippen LogP contribution in [-0.4, -0.2) is 16.9 Å². The maximum absolute atomic E-state index is 12.0. The molecule has 0 bridgehead atoms. The van der Waals surface area contributed by atoms with Gasteiger partial charge in [-0.3, -0.25) is 20.2 Å². The third kappa shape index (κ3) is 2.90. The summed E-state index contributed by atoms with van der Waals surface area (Å²) >= 11 is 6.53. The van der Waals surface area contributed by atoms with Gasteiger partial charge in [0.2, 0.25) is 0 Å². The van der Waals surface area contributed by atoms with Crippen LogP contribution >= 0.6 is 24.0 Å². The van der Waals surface area contributed by atoms with E-state index in [1.165, 1.54) is 0 Å². The van der Waals surface area contributed by atoms with E-state index in [2.05, 4.69) is 22.8 Å². The van der Waals surface area contributed by atoms with Crippen molar-refractivity contribution in [1.82, 2.24) is 10.6 Å². The molecule has 122 valence electrons. The lowest BCUT2D eigenvalue weighted by Gasteiger charge is -2.22. The average Bonchev–Trinajstić information content (AvgIpc) is 2.60. The van der Waals surface area contributed by atoms with Gasteiger partial charge in [0.1, 0.15) is 5.57 Å². The van der Waals surface area contributed by atoms with E-state index >= 15 is 0 Å². The van der Waals surface area contributed by atoms with Crippen molar-refractivity contribution in [2.24, 2.45) is 0 Å². The number of allylic oxidation sites excluding steroid dienone is 2. The van der Waals surface area contributed by atoms with E-state index in [-0.39, 0.29) is 10.7 Å². The van der Waals surface area contributed by atoms with Crippen molar-refractivity contribution in [3.63, 3.8) is 0 Å². The second-order valence-corrected chi connectivity index (χ2v) is 6.98. The first-order chi connectivity index (χ1) is 12.1. The predicted molar refractivity (Wildman–Crippen MR) is 101 cm³/mol. The van der Waals surface area contributed by atoms with Gasteiger partial charge in [-0.1, -0.05) is 54.2 Å². The molecule has 0 unspecified atom stereocenters. The zero-order valence-electron chi connectivity index (χ0n) is 12.9. The summed E-state index contributed by atoms with van der Waals surface area (Å²) in [5.74, 6) is -0.977. The zero-order valence-corrected chi connectivity index (χ0v) is 14.5. The maximum atomic E-state index is 12.0. The first-order valence-corrected chi connectivity index (χ1v) is 8.81. The first-order valence-electron chi connectivity index (χ1n) is 7.59. The minimum Gasteiger partial charge on any atom is -0.299 e. The summed E-state index contributed by atoms with van der Waals surface area (Å²) < 4.78 is 0. The van der Waals surface area contributed by atoms with Gasteiger partial charge in [0, 0.05) is 9.79 Å². The van der Waals surface area contributed by atoms with Gasteiger partial charge in [-0.2, -0.15) is 0 Å². The van der Waals surface area contributed by atoms with Crippen LogP contribution in [0.2, 0.25) is 0 Å². The van der Waals surface area contributed by atoms with Crippen LogP contribution in [0.1, 0.15) is 11.1 Å². The smallest absolute Gasteiger partial charge is 0.263 e. The molecule has 2 heterocycles. The fraction of sp³-hybridized carbons (Fsp3) is 0. The Morgan fingerprint density at radius 1 is 0.760 bits per heavy atom. The maximum Gasteiger partial charge on any atom is 0.263 e. The molecule has 2 aromatic rings. The van der Waals surface area contributed by atoms with Crippen LogP contribution in [0.15, 0.2) is 76.0 Å². The lowest BCUT2D eigenvalue weighted by atomic mass is 9.96. The normalized spacial score (nSPS) is 15.8. The highest BCUT2D eigenvalue weighted by Crippen LogP contribution is 2.45. The number of hydrogen-bond donors (Lipinski definition) is 2. The van der Waals surface area contributed by atoms with E-state index in [1.54, 1.807) is 17.8 Å². The summed E-state index contributed by atoms with van der Waals surface area (Å²) in [7, 11) is 0. The Kier molecular flexibility index (Phi) is 3.99. The second-order valence-electron chi connectivity index (χ2n) is 5.49. The van der Waals surface area contributed by atoms with Crippen molar-refractivity contribution in [2.75, 3.05) is 0 Å². The van der Waals surface area contributed by atoms with Crippen LogP contribution < -0.4 is 10.6 Å². The molecular formula is C19H12N2O2S2. The molecule has 2 N–H and O–H groups in total. The van der Waals surface area contributed by atoms with Gasteiger partial charge in [0.25, 0.3) is 11.8 Å². The summed E-state index contributed by atoms with van der Waals surface area (Å²) in [6.45, 7) is 0. The van der Waals surface area contributed by atoms with Crippen LogP contribution in [0.5, 0.6) is 0 Å². The standard InChI is InChI=1S/C19H12N2O2S2/c22-17-14(18(23)21-19(24)20-17)10-9-11-12-5-1-3-7-15(12)25-16-8-4-2-6-13(11)16/h1-10H,(H2,20,21,22,23,24). The number of thiocarbonyl (C=S) groups is 1. The molecule has 25 heavy (non-hydrogen) atoms. The fourth-order valence-corrected chi connectivity index (χ4v) is 4.08. The van der Waals surface area contributed by atoms with E-state index in [0.717, 1.165) is 26.5 Å². The first kappa shape index (κ1) is 15.8. The minimum atomic E-state index is -0.489. The molecule has 0 radical (unpaired) electrons. The lowest BCUT2D eigenvalue weighted by molar-refractivity contribution is -0.123. The third-order valence-electron chi connectivity index (χ3n) is 3.93. The number of carbonyl (C=O) groups is 2. The van der Waals surface area contributed by atoms with Crippen LogP contribution in [0.4, 0.5) is 0 Å². The SMILES string of the molecule is O=C1NC(=S)NC(=O)C1=CC=C1c2ccccc2Sc2ccccc21. The zero-order chi connectivity index (χ0) is 17.4. The van der Waals surface area contributed by atoms with Gasteiger partial charge < -0.3 is 0 Å². The van der Waals surface area contributed by atoms with Gasteiger partial charge >= 0.3 is 0 Å². The van der Waals surface area contributed by atoms with Crippen molar-refractivity contribution in [3.05, 3.63) is 77.4 Å². The van der Waals surface area contributed by atoms with Crippen LogP contribution in [0, 0.1) is 0 Å². The Morgan fingerprint density at radius 2 is 1.24 bits per heavy atom. The Balaban J connectivity index is 1.84. The number of nitrogens with one attached hydrogen (secondary N) is 2. The molecule has 2 amide bonds. The molecular weight excluding hydrogens is 352 g/mol. The quantitative estimate of drug-likeness (QED) is 0.396. The summed E-state index contributed by atoms with van der Waals surface area (Å²) in [5.41, 5.74) is 3.17. The fourth-order valence-electron chi connectivity index (χ4n) is 2.79. The third-order valence-corrected chi connectivity index (χ3v) is 5.29. The highest BCUT2D eigenvalue weighted by molar-refractivity contribution is 7.99. The summed E-state index contributed by atoms with van der Waals surface area (Å²) in [6.07, 6.45) is 3.37. The van der Waals surface area contributed by atoms with Crippen molar-refractivity contribution < 1.29 is 9.59 Å². The van der Waals surface area contributed by atoms with E-state index in [4.69, 9.17) is 12.2 Å². The van der Waals surface area contributed by atoms with Crippen molar-refractivity contribution in [2.45, 2.75) is 9.79 Å². The molecule has 1 fully saturated rings. The monoisotopic (exact) mass is 364 g/mol. The number of hydrogen-bond acceptors (Lipinski definition) is 4. The molecule has 2 aromatic carbocycles. The van der Waals surface area contributed by atoms with E-state index in [0.29, 0.717) is 0 Å². The van der Waals surface area contributed by atoms with E-state index < -0.39 is 11.8 Å². The minimum absolute atomic E-state index is 0.0320. The molecule has 6 heteroatoms. The second kappa shape index (κ2) is 6.31. The number of rotatable bonds is 1. The summed E-state index contributed by atoms with van der Waals surface area (Å²) in [4.78, 5) is 26.3. The van der Waals surface area contributed by atoms with Crippen molar-refractivity contribution in [3.8, 4) is 0 Å². The van der Waals surface area contributed by atoms with Crippen molar-refractivity contribution in [1.29, 1.82) is 0 Å². The number of fused-ring (bicyclic) bond motifs is 2. The van der Waals surface area contributed by atoms with Crippen LogP contribution in [-0.2, 0) is 9.59 Å². The van der Waals surface area contributed by atoms with Gasteiger partial charge in [-0.15, -0.1) is 0 Å². The molecule has 2 aliphatic heterocycles. The Hall–Kier alpha value is -2.70. The molecule has 0 saturated carbocycles. The van der Waals surface area contributed by atoms with E-state index in [9.17, 15) is 9.59 Å². The van der Waals surface area contributed by atoms with Gasteiger partial charge in [0.15, 0.2) is 5.11 Å².